The highest BCUT2D eigenvalue weighted by molar-refractivity contribution is 6.02. The van der Waals surface area contributed by atoms with Gasteiger partial charge in [0.05, 0.1) is 23.6 Å². The Hall–Kier alpha value is -2.30. The Morgan fingerprint density at radius 2 is 2.04 bits per heavy atom. The highest BCUT2D eigenvalue weighted by Gasteiger charge is 2.40. The van der Waals surface area contributed by atoms with E-state index in [-0.39, 0.29) is 23.3 Å². The summed E-state index contributed by atoms with van der Waals surface area (Å²) in [5, 5.41) is 0. The van der Waals surface area contributed by atoms with Crippen molar-refractivity contribution in [2.75, 3.05) is 13.2 Å². The number of likely N-dealkylation sites (tertiary alicyclic amines) is 1. The number of hydrogen-bond donors (Lipinski definition) is 0. The molecule has 0 saturated carbocycles. The van der Waals surface area contributed by atoms with Gasteiger partial charge < -0.3 is 4.90 Å². The van der Waals surface area contributed by atoms with Crippen LogP contribution in [0.25, 0.3) is 11.3 Å². The van der Waals surface area contributed by atoms with E-state index in [2.05, 4.69) is 36.8 Å². The zero-order valence-electron chi connectivity index (χ0n) is 16.7. The third-order valence-corrected chi connectivity index (χ3v) is 5.20. The SMILES string of the molecule is Cc1nccnc1-c1cc[c]c(CC(C)(C)C)c1C(=O)N1C[C@H](CF)[C@@H]1C. The minimum absolute atomic E-state index is 0.00357. The molecule has 1 aromatic carbocycles. The third-order valence-electron chi connectivity index (χ3n) is 5.20. The van der Waals surface area contributed by atoms with Crippen molar-refractivity contribution in [3.63, 3.8) is 0 Å². The van der Waals surface area contributed by atoms with Gasteiger partial charge in [0.15, 0.2) is 0 Å². The second-order valence-corrected chi connectivity index (χ2v) is 8.59. The van der Waals surface area contributed by atoms with Crippen LogP contribution in [0.2, 0.25) is 0 Å². The standard InChI is InChI=1S/C22H27FN3O/c1-14-20(25-10-9-24-14)18-8-6-7-16(11-22(3,4)5)19(18)21(27)26-13-17(12-23)15(26)2/h6,8-10,15,17H,11-13H2,1-5H3/t15-,17-/m0/s1. The first-order valence-corrected chi connectivity index (χ1v) is 9.41. The van der Waals surface area contributed by atoms with Gasteiger partial charge in [-0.15, -0.1) is 0 Å². The lowest BCUT2D eigenvalue weighted by Gasteiger charge is -2.45. The molecule has 1 fully saturated rings. The first-order chi connectivity index (χ1) is 12.7. The molecule has 0 aliphatic carbocycles. The molecule has 2 heterocycles. The van der Waals surface area contributed by atoms with Gasteiger partial charge in [-0.05, 0) is 37.3 Å². The maximum atomic E-state index is 13.4. The van der Waals surface area contributed by atoms with Gasteiger partial charge in [0.2, 0.25) is 0 Å². The van der Waals surface area contributed by atoms with Crippen LogP contribution in [0.5, 0.6) is 0 Å². The number of carbonyl (C=O) groups is 1. The molecular formula is C22H27FN3O. The molecule has 1 aromatic heterocycles. The van der Waals surface area contributed by atoms with Gasteiger partial charge in [-0.1, -0.05) is 32.9 Å². The molecule has 143 valence electrons. The minimum Gasteiger partial charge on any atom is -0.335 e. The molecule has 1 amide bonds. The topological polar surface area (TPSA) is 46.1 Å². The van der Waals surface area contributed by atoms with Crippen molar-refractivity contribution < 1.29 is 9.18 Å². The van der Waals surface area contributed by atoms with Crippen molar-refractivity contribution in [1.82, 2.24) is 14.9 Å². The van der Waals surface area contributed by atoms with Crippen molar-refractivity contribution in [1.29, 1.82) is 0 Å². The lowest BCUT2D eigenvalue weighted by atomic mass is 9.83. The number of halogens is 1. The van der Waals surface area contributed by atoms with Crippen molar-refractivity contribution in [2.45, 2.75) is 47.1 Å². The van der Waals surface area contributed by atoms with E-state index in [1.165, 1.54) is 0 Å². The van der Waals surface area contributed by atoms with Crippen molar-refractivity contribution >= 4 is 5.91 Å². The molecule has 5 heteroatoms. The number of aromatic nitrogens is 2. The van der Waals surface area contributed by atoms with E-state index in [0.717, 1.165) is 23.2 Å². The van der Waals surface area contributed by atoms with E-state index in [0.29, 0.717) is 17.8 Å². The predicted octanol–water partition coefficient (Wildman–Crippen LogP) is 4.27. The van der Waals surface area contributed by atoms with Crippen LogP contribution in [0.15, 0.2) is 24.5 Å². The Labute approximate surface area is 160 Å². The van der Waals surface area contributed by atoms with Crippen LogP contribution >= 0.6 is 0 Å². The fourth-order valence-corrected chi connectivity index (χ4v) is 3.60. The van der Waals surface area contributed by atoms with Crippen LogP contribution in [0, 0.1) is 24.3 Å². The number of hydrogen-bond acceptors (Lipinski definition) is 3. The molecule has 0 unspecified atom stereocenters. The third kappa shape index (κ3) is 3.87. The van der Waals surface area contributed by atoms with Crippen LogP contribution in [-0.2, 0) is 6.42 Å². The summed E-state index contributed by atoms with van der Waals surface area (Å²) >= 11 is 0. The Morgan fingerprint density at radius 3 is 2.63 bits per heavy atom. The molecule has 2 atom stereocenters. The highest BCUT2D eigenvalue weighted by atomic mass is 19.1. The molecular weight excluding hydrogens is 341 g/mol. The van der Waals surface area contributed by atoms with E-state index < -0.39 is 6.67 Å². The van der Waals surface area contributed by atoms with E-state index in [1.54, 1.807) is 17.3 Å². The summed E-state index contributed by atoms with van der Waals surface area (Å²) in [5.41, 5.74) is 3.77. The fourth-order valence-electron chi connectivity index (χ4n) is 3.60. The van der Waals surface area contributed by atoms with Gasteiger partial charge >= 0.3 is 0 Å². The Bertz CT molecular complexity index is 844. The normalized spacial score (nSPS) is 19.7. The summed E-state index contributed by atoms with van der Waals surface area (Å²) in [6.07, 6.45) is 4.01. The zero-order valence-corrected chi connectivity index (χ0v) is 16.7. The van der Waals surface area contributed by atoms with Crippen LogP contribution in [0.4, 0.5) is 4.39 Å². The minimum atomic E-state index is -0.392. The van der Waals surface area contributed by atoms with Crippen molar-refractivity contribution in [2.24, 2.45) is 11.3 Å². The summed E-state index contributed by atoms with van der Waals surface area (Å²) in [6, 6.07) is 6.92. The second kappa shape index (κ2) is 7.37. The summed E-state index contributed by atoms with van der Waals surface area (Å²) in [7, 11) is 0. The van der Waals surface area contributed by atoms with E-state index >= 15 is 0 Å². The van der Waals surface area contributed by atoms with Gasteiger partial charge in [-0.2, -0.15) is 0 Å². The van der Waals surface area contributed by atoms with Gasteiger partial charge in [-0.25, -0.2) is 0 Å². The maximum absolute atomic E-state index is 13.4. The molecule has 27 heavy (non-hydrogen) atoms. The van der Waals surface area contributed by atoms with Gasteiger partial charge in [-0.3, -0.25) is 19.2 Å². The van der Waals surface area contributed by atoms with Crippen LogP contribution in [0.3, 0.4) is 0 Å². The predicted molar refractivity (Wildman–Crippen MR) is 104 cm³/mol. The van der Waals surface area contributed by atoms with Crippen LogP contribution in [-0.4, -0.2) is 40.0 Å². The van der Waals surface area contributed by atoms with E-state index in [1.807, 2.05) is 26.0 Å². The first-order valence-electron chi connectivity index (χ1n) is 9.41. The summed E-state index contributed by atoms with van der Waals surface area (Å²) < 4.78 is 13.1. The Morgan fingerprint density at radius 1 is 1.33 bits per heavy atom. The average Bonchev–Trinajstić information content (AvgIpc) is 2.59. The molecule has 2 aromatic rings. The number of nitrogens with zero attached hydrogens (tertiary/aromatic N) is 3. The number of aryl methyl sites for hydroxylation is 1. The number of carbonyl (C=O) groups excluding carboxylic acids is 1. The summed E-state index contributed by atoms with van der Waals surface area (Å²) in [6.45, 7) is 10.3. The van der Waals surface area contributed by atoms with E-state index in [9.17, 15) is 9.18 Å². The highest BCUT2D eigenvalue weighted by Crippen LogP contribution is 2.34. The number of amides is 1. The van der Waals surface area contributed by atoms with Crippen molar-refractivity contribution in [3.05, 3.63) is 47.4 Å². The molecule has 4 nitrogen and oxygen atoms in total. The zero-order chi connectivity index (χ0) is 19.8. The van der Waals surface area contributed by atoms with Gasteiger partial charge in [0.1, 0.15) is 0 Å². The van der Waals surface area contributed by atoms with Crippen LogP contribution in [0.1, 0.15) is 49.3 Å². The maximum Gasteiger partial charge on any atom is 0.255 e. The first kappa shape index (κ1) is 19.5. The monoisotopic (exact) mass is 368 g/mol. The molecule has 0 spiro atoms. The largest absolute Gasteiger partial charge is 0.335 e. The molecule has 1 aliphatic rings. The molecule has 1 radical (unpaired) electrons. The fraction of sp³-hybridized carbons (Fsp3) is 0.500. The molecule has 1 aliphatic heterocycles. The summed E-state index contributed by atoms with van der Waals surface area (Å²) in [5.74, 6) is -0.141. The van der Waals surface area contributed by atoms with Gasteiger partial charge in [0, 0.05) is 36.5 Å². The molecule has 3 rings (SSSR count). The Kier molecular flexibility index (Phi) is 5.31. The number of benzene rings is 1. The van der Waals surface area contributed by atoms with Crippen LogP contribution < -0.4 is 0 Å². The van der Waals surface area contributed by atoms with E-state index in [4.69, 9.17) is 0 Å². The smallest absolute Gasteiger partial charge is 0.255 e. The summed E-state index contributed by atoms with van der Waals surface area (Å²) in [4.78, 5) is 24.0. The van der Waals surface area contributed by atoms with Gasteiger partial charge in [0.25, 0.3) is 5.91 Å². The average molecular weight is 368 g/mol. The quantitative estimate of drug-likeness (QED) is 0.810. The molecule has 0 bridgehead atoms. The lowest BCUT2D eigenvalue weighted by Crippen LogP contribution is -2.58. The molecule has 1 saturated heterocycles. The second-order valence-electron chi connectivity index (χ2n) is 8.59. The Balaban J connectivity index is 2.11. The lowest BCUT2D eigenvalue weighted by molar-refractivity contribution is 0.0139. The number of alkyl halides is 1. The van der Waals surface area contributed by atoms with Crippen molar-refractivity contribution in [3.8, 4) is 11.3 Å². The number of rotatable bonds is 4. The molecule has 0 N–H and O–H groups in total.